The van der Waals surface area contributed by atoms with Gasteiger partial charge in [0.25, 0.3) is 5.91 Å². The molecule has 0 spiro atoms. The van der Waals surface area contributed by atoms with Gasteiger partial charge >= 0.3 is 0 Å². The molecular formula is C22H25N5O. The van der Waals surface area contributed by atoms with Crippen molar-refractivity contribution in [3.63, 3.8) is 0 Å². The first-order valence-corrected chi connectivity index (χ1v) is 9.57. The van der Waals surface area contributed by atoms with Gasteiger partial charge in [-0.1, -0.05) is 18.2 Å². The normalized spacial score (nSPS) is 11.5. The fraction of sp³-hybridized carbons (Fsp3) is 0.273. The number of aryl methyl sites for hydroxylation is 2. The highest BCUT2D eigenvalue weighted by Gasteiger charge is 2.21. The number of hydrogen-bond donors (Lipinski definition) is 3. The second-order valence-corrected chi connectivity index (χ2v) is 7.08. The van der Waals surface area contributed by atoms with E-state index in [1.807, 2.05) is 42.1 Å². The molecule has 0 atom stereocenters. The summed E-state index contributed by atoms with van der Waals surface area (Å²) >= 11 is 0. The highest BCUT2D eigenvalue weighted by atomic mass is 16.1. The van der Waals surface area contributed by atoms with E-state index in [-0.39, 0.29) is 5.91 Å². The summed E-state index contributed by atoms with van der Waals surface area (Å²) in [5.74, 6) is -0.0961. The summed E-state index contributed by atoms with van der Waals surface area (Å²) in [6.45, 7) is 4.65. The van der Waals surface area contributed by atoms with Crippen LogP contribution in [0.3, 0.4) is 0 Å². The van der Waals surface area contributed by atoms with Gasteiger partial charge in [-0.05, 0) is 30.0 Å². The standard InChI is InChI=1S/C22H25N5O/c1-14-17-13-27(2)12-7-15(17)20(22(28)25-11-10-24-9-8-23)21-19(14)16-5-3-4-6-18(16)26-21/h3-7,12-13,24H,8-11,23H2,1-2H3,(H,25,28). The average Bonchev–Trinajstić information content (AvgIpc) is 3.08. The van der Waals surface area contributed by atoms with Gasteiger partial charge in [0.05, 0.1) is 16.6 Å². The fourth-order valence-corrected chi connectivity index (χ4v) is 3.83. The van der Waals surface area contributed by atoms with Crippen LogP contribution < -0.4 is 16.4 Å². The first kappa shape index (κ1) is 18.4. The third-order valence-electron chi connectivity index (χ3n) is 5.16. The zero-order chi connectivity index (χ0) is 19.7. The number of rotatable bonds is 6. The quantitative estimate of drug-likeness (QED) is 0.452. The van der Waals surface area contributed by atoms with Crippen molar-refractivity contribution in [1.82, 2.24) is 20.2 Å². The maximum atomic E-state index is 13.2. The summed E-state index contributed by atoms with van der Waals surface area (Å²) in [7, 11) is 1.99. The molecule has 2 aromatic heterocycles. The Balaban J connectivity index is 1.89. The van der Waals surface area contributed by atoms with E-state index < -0.39 is 0 Å². The molecule has 0 aliphatic heterocycles. The lowest BCUT2D eigenvalue weighted by Gasteiger charge is -2.13. The van der Waals surface area contributed by atoms with Crippen molar-refractivity contribution in [2.24, 2.45) is 12.8 Å². The molecule has 4 rings (SSSR count). The van der Waals surface area contributed by atoms with E-state index in [0.29, 0.717) is 25.2 Å². The van der Waals surface area contributed by atoms with Gasteiger partial charge in [0.2, 0.25) is 0 Å². The van der Waals surface area contributed by atoms with E-state index in [9.17, 15) is 4.79 Å². The minimum Gasteiger partial charge on any atom is -0.357 e. The Bertz CT molecular complexity index is 1180. The number of pyridine rings is 1. The van der Waals surface area contributed by atoms with E-state index in [1.54, 1.807) is 0 Å². The molecule has 6 heteroatoms. The minimum atomic E-state index is -0.0961. The smallest absolute Gasteiger partial charge is 0.254 e. The van der Waals surface area contributed by atoms with E-state index in [1.165, 1.54) is 0 Å². The van der Waals surface area contributed by atoms with Crippen LogP contribution >= 0.6 is 0 Å². The number of amides is 1. The van der Waals surface area contributed by atoms with Gasteiger partial charge in [-0.2, -0.15) is 0 Å². The second kappa shape index (κ2) is 7.58. The Kier molecular flexibility index (Phi) is 4.98. The summed E-state index contributed by atoms with van der Waals surface area (Å²) in [4.78, 5) is 18.0. The highest BCUT2D eigenvalue weighted by molar-refractivity contribution is 6.24. The predicted molar refractivity (Wildman–Crippen MR) is 115 cm³/mol. The van der Waals surface area contributed by atoms with Crippen molar-refractivity contribution in [1.29, 1.82) is 0 Å². The molecule has 0 bridgehead atoms. The molecule has 0 saturated heterocycles. The first-order chi connectivity index (χ1) is 13.6. The molecule has 4 N–H and O–H groups in total. The van der Waals surface area contributed by atoms with Crippen molar-refractivity contribution in [3.8, 4) is 0 Å². The predicted octanol–water partition coefficient (Wildman–Crippen LogP) is 2.47. The number of para-hydroxylation sites is 1. The van der Waals surface area contributed by atoms with E-state index in [0.717, 1.165) is 44.7 Å². The summed E-state index contributed by atoms with van der Waals surface area (Å²) in [5, 5.41) is 10.4. The van der Waals surface area contributed by atoms with Crippen LogP contribution in [0.25, 0.3) is 32.6 Å². The molecule has 6 nitrogen and oxygen atoms in total. The number of carbonyl (C=O) groups is 1. The van der Waals surface area contributed by atoms with Crippen molar-refractivity contribution >= 4 is 38.5 Å². The number of hydrogen-bond acceptors (Lipinski definition) is 4. The third kappa shape index (κ3) is 3.10. The van der Waals surface area contributed by atoms with Gasteiger partial charge in [0.1, 0.15) is 0 Å². The molecule has 144 valence electrons. The molecular weight excluding hydrogens is 350 g/mol. The van der Waals surface area contributed by atoms with Crippen LogP contribution in [0.1, 0.15) is 15.9 Å². The molecule has 0 radical (unpaired) electrons. The van der Waals surface area contributed by atoms with E-state index in [2.05, 4.69) is 29.8 Å². The number of aromatic nitrogens is 2. The number of nitrogens with one attached hydrogen (secondary N) is 2. The maximum Gasteiger partial charge on any atom is 0.254 e. The molecule has 0 saturated carbocycles. The lowest BCUT2D eigenvalue weighted by Crippen LogP contribution is -2.34. The van der Waals surface area contributed by atoms with Crippen LogP contribution in [-0.2, 0) is 7.05 Å². The Morgan fingerprint density at radius 3 is 2.75 bits per heavy atom. The van der Waals surface area contributed by atoms with Crippen LogP contribution in [0, 0.1) is 6.92 Å². The van der Waals surface area contributed by atoms with Crippen LogP contribution in [0.5, 0.6) is 0 Å². The van der Waals surface area contributed by atoms with Gasteiger partial charge in [-0.3, -0.25) is 4.79 Å². The monoisotopic (exact) mass is 375 g/mol. The summed E-state index contributed by atoms with van der Waals surface area (Å²) in [6.07, 6.45) is 4.04. The average molecular weight is 375 g/mol. The van der Waals surface area contributed by atoms with Gasteiger partial charge in [-0.25, -0.2) is 4.98 Å². The van der Waals surface area contributed by atoms with Crippen molar-refractivity contribution < 1.29 is 4.79 Å². The molecule has 28 heavy (non-hydrogen) atoms. The Morgan fingerprint density at radius 1 is 1.11 bits per heavy atom. The molecule has 2 aromatic carbocycles. The van der Waals surface area contributed by atoms with Gasteiger partial charge in [-0.15, -0.1) is 0 Å². The zero-order valence-corrected chi connectivity index (χ0v) is 16.2. The summed E-state index contributed by atoms with van der Waals surface area (Å²) < 4.78 is 2.01. The SMILES string of the molecule is Cc1c2cn(C)ccc2c(C(=O)NCCNCCN)c2nc3ccccc3c12. The first-order valence-electron chi connectivity index (χ1n) is 9.57. The molecule has 0 aliphatic carbocycles. The van der Waals surface area contributed by atoms with Crippen LogP contribution in [-0.4, -0.2) is 41.6 Å². The second-order valence-electron chi connectivity index (χ2n) is 7.08. The molecule has 4 aromatic rings. The fourth-order valence-electron chi connectivity index (χ4n) is 3.83. The Labute approximate surface area is 163 Å². The van der Waals surface area contributed by atoms with Gasteiger partial charge < -0.3 is 20.9 Å². The molecule has 2 heterocycles. The lowest BCUT2D eigenvalue weighted by atomic mass is 9.95. The number of fused-ring (bicyclic) bond motifs is 4. The topological polar surface area (TPSA) is 85.0 Å². The lowest BCUT2D eigenvalue weighted by molar-refractivity contribution is 0.0957. The van der Waals surface area contributed by atoms with E-state index in [4.69, 9.17) is 10.7 Å². The molecule has 0 unspecified atom stereocenters. The number of nitrogens with zero attached hydrogens (tertiary/aromatic N) is 2. The van der Waals surface area contributed by atoms with Crippen molar-refractivity contribution in [2.75, 3.05) is 26.2 Å². The number of nitrogens with two attached hydrogens (primary N) is 1. The van der Waals surface area contributed by atoms with Crippen LogP contribution in [0.15, 0.2) is 42.7 Å². The summed E-state index contributed by atoms with van der Waals surface area (Å²) in [5.41, 5.74) is 8.97. The summed E-state index contributed by atoms with van der Waals surface area (Å²) in [6, 6.07) is 10.1. The van der Waals surface area contributed by atoms with Gasteiger partial charge in [0.15, 0.2) is 0 Å². The number of benzene rings is 2. The Hall–Kier alpha value is -2.96. The molecule has 0 aliphatic rings. The minimum absolute atomic E-state index is 0.0961. The third-order valence-corrected chi connectivity index (χ3v) is 5.16. The van der Waals surface area contributed by atoms with E-state index >= 15 is 0 Å². The molecule has 0 fully saturated rings. The maximum absolute atomic E-state index is 13.2. The largest absolute Gasteiger partial charge is 0.357 e. The van der Waals surface area contributed by atoms with Gasteiger partial charge in [0, 0.05) is 61.8 Å². The number of carbonyl (C=O) groups excluding carboxylic acids is 1. The van der Waals surface area contributed by atoms with Crippen LogP contribution in [0.4, 0.5) is 0 Å². The van der Waals surface area contributed by atoms with Crippen molar-refractivity contribution in [2.45, 2.75) is 6.92 Å². The van der Waals surface area contributed by atoms with Crippen molar-refractivity contribution in [3.05, 3.63) is 53.9 Å². The zero-order valence-electron chi connectivity index (χ0n) is 16.2. The van der Waals surface area contributed by atoms with Crippen LogP contribution in [0.2, 0.25) is 0 Å². The Morgan fingerprint density at radius 2 is 1.93 bits per heavy atom. The molecule has 1 amide bonds. The highest BCUT2D eigenvalue weighted by Crippen LogP contribution is 2.36.